The fraction of sp³-hybridized carbons (Fsp3) is 0.188. The molecule has 0 spiro atoms. The average molecular weight is 320 g/mol. The van der Waals surface area contributed by atoms with Crippen molar-refractivity contribution < 1.29 is 23.5 Å². The molecule has 1 heterocycles. The largest absolute Gasteiger partial charge is 0.465 e. The molecule has 5 nitrogen and oxygen atoms in total. The Morgan fingerprint density at radius 2 is 1.87 bits per heavy atom. The molecule has 0 aliphatic heterocycles. The molecule has 2 N–H and O–H groups in total. The summed E-state index contributed by atoms with van der Waals surface area (Å²) in [6.45, 7) is 3.02. The van der Waals surface area contributed by atoms with Gasteiger partial charge in [-0.25, -0.2) is 13.6 Å². The maximum absolute atomic E-state index is 13.9. The van der Waals surface area contributed by atoms with Gasteiger partial charge in [-0.15, -0.1) is 0 Å². The van der Waals surface area contributed by atoms with E-state index >= 15 is 0 Å². The smallest absolute Gasteiger partial charge is 0.409 e. The lowest BCUT2D eigenvalue weighted by Crippen LogP contribution is -2.31. The van der Waals surface area contributed by atoms with Crippen molar-refractivity contribution in [3.8, 4) is 0 Å². The Bertz CT molecular complexity index is 758. The standard InChI is InChI=1S/C16H14F2N2O3/c1-16(2,11-5-3-9(17)7-12(11)18)14(21)13-6-4-10(8-19-13)20-15(22)23/h3-8,20H,1-2H3,(H,22,23). The van der Waals surface area contributed by atoms with Crippen molar-refractivity contribution in [2.45, 2.75) is 19.3 Å². The van der Waals surface area contributed by atoms with Crippen LogP contribution in [0.15, 0.2) is 36.5 Å². The van der Waals surface area contributed by atoms with Crippen LogP contribution in [0.3, 0.4) is 0 Å². The van der Waals surface area contributed by atoms with Crippen LogP contribution in [0.2, 0.25) is 0 Å². The normalized spacial score (nSPS) is 11.1. The van der Waals surface area contributed by atoms with Gasteiger partial charge in [0, 0.05) is 11.6 Å². The number of nitrogens with one attached hydrogen (secondary N) is 1. The molecule has 120 valence electrons. The minimum atomic E-state index is -1.26. The number of benzene rings is 1. The first-order valence-electron chi connectivity index (χ1n) is 6.68. The van der Waals surface area contributed by atoms with E-state index in [4.69, 9.17) is 5.11 Å². The lowest BCUT2D eigenvalue weighted by Gasteiger charge is -2.24. The zero-order valence-electron chi connectivity index (χ0n) is 12.4. The van der Waals surface area contributed by atoms with Crippen molar-refractivity contribution in [1.29, 1.82) is 0 Å². The molecule has 0 saturated heterocycles. The summed E-state index contributed by atoms with van der Waals surface area (Å²) >= 11 is 0. The molecule has 23 heavy (non-hydrogen) atoms. The zero-order chi connectivity index (χ0) is 17.2. The Labute approximate surface area is 131 Å². The van der Waals surface area contributed by atoms with Crippen molar-refractivity contribution in [2.75, 3.05) is 5.32 Å². The van der Waals surface area contributed by atoms with Gasteiger partial charge in [-0.05, 0) is 32.0 Å². The molecule has 2 rings (SSSR count). The number of rotatable bonds is 4. The number of hydrogen-bond donors (Lipinski definition) is 2. The Balaban J connectivity index is 2.32. The summed E-state index contributed by atoms with van der Waals surface area (Å²) in [5.74, 6) is -2.01. The number of carboxylic acid groups (broad SMARTS) is 1. The van der Waals surface area contributed by atoms with E-state index in [1.807, 2.05) is 0 Å². The van der Waals surface area contributed by atoms with Gasteiger partial charge < -0.3 is 5.11 Å². The van der Waals surface area contributed by atoms with E-state index in [0.717, 1.165) is 12.1 Å². The summed E-state index contributed by atoms with van der Waals surface area (Å²) in [5.41, 5.74) is -0.945. The third kappa shape index (κ3) is 3.50. The second-order valence-corrected chi connectivity index (χ2v) is 5.44. The van der Waals surface area contributed by atoms with E-state index in [-0.39, 0.29) is 16.9 Å². The minimum Gasteiger partial charge on any atom is -0.465 e. The number of halogens is 2. The topological polar surface area (TPSA) is 79.3 Å². The summed E-state index contributed by atoms with van der Waals surface area (Å²) in [4.78, 5) is 27.0. The molecule has 0 atom stereocenters. The highest BCUT2D eigenvalue weighted by Gasteiger charge is 2.34. The predicted octanol–water partition coefficient (Wildman–Crippen LogP) is 3.61. The Morgan fingerprint density at radius 1 is 1.17 bits per heavy atom. The summed E-state index contributed by atoms with van der Waals surface area (Å²) in [5, 5.41) is 10.7. The van der Waals surface area contributed by atoms with E-state index in [2.05, 4.69) is 10.3 Å². The molecule has 0 fully saturated rings. The Kier molecular flexibility index (Phi) is 4.40. The van der Waals surface area contributed by atoms with Gasteiger partial charge in [0.25, 0.3) is 0 Å². The summed E-state index contributed by atoms with van der Waals surface area (Å²) in [7, 11) is 0. The highest BCUT2D eigenvalue weighted by molar-refractivity contribution is 6.02. The van der Waals surface area contributed by atoms with Gasteiger partial charge in [0.1, 0.15) is 17.3 Å². The number of amides is 1. The van der Waals surface area contributed by atoms with Crippen LogP contribution in [0, 0.1) is 11.6 Å². The van der Waals surface area contributed by atoms with Crippen LogP contribution in [0.4, 0.5) is 19.3 Å². The van der Waals surface area contributed by atoms with Crippen LogP contribution >= 0.6 is 0 Å². The molecular weight excluding hydrogens is 306 g/mol. The van der Waals surface area contributed by atoms with Crippen molar-refractivity contribution >= 4 is 17.6 Å². The first-order valence-corrected chi connectivity index (χ1v) is 6.68. The van der Waals surface area contributed by atoms with E-state index in [1.165, 1.54) is 38.2 Å². The van der Waals surface area contributed by atoms with Crippen LogP contribution < -0.4 is 5.32 Å². The van der Waals surface area contributed by atoms with Crippen LogP contribution in [0.25, 0.3) is 0 Å². The van der Waals surface area contributed by atoms with E-state index in [1.54, 1.807) is 0 Å². The number of aromatic nitrogens is 1. The fourth-order valence-corrected chi connectivity index (χ4v) is 2.16. The molecule has 1 amide bonds. The second kappa shape index (κ2) is 6.12. The third-order valence-corrected chi connectivity index (χ3v) is 3.42. The number of anilines is 1. The van der Waals surface area contributed by atoms with Gasteiger partial charge in [0.15, 0.2) is 5.78 Å². The number of carbonyl (C=O) groups is 2. The SMILES string of the molecule is CC(C)(C(=O)c1ccc(NC(=O)O)cn1)c1ccc(F)cc1F. The van der Waals surface area contributed by atoms with Crippen LogP contribution in [0.1, 0.15) is 29.9 Å². The molecule has 0 radical (unpaired) electrons. The molecule has 1 aromatic carbocycles. The molecule has 0 bridgehead atoms. The fourth-order valence-electron chi connectivity index (χ4n) is 2.16. The van der Waals surface area contributed by atoms with Gasteiger partial charge in [-0.2, -0.15) is 0 Å². The summed E-state index contributed by atoms with van der Waals surface area (Å²) in [6, 6.07) is 5.75. The van der Waals surface area contributed by atoms with Gasteiger partial charge in [0.2, 0.25) is 0 Å². The lowest BCUT2D eigenvalue weighted by molar-refractivity contribution is 0.0900. The van der Waals surface area contributed by atoms with Crippen molar-refractivity contribution in [3.05, 3.63) is 59.4 Å². The number of Topliss-reactive ketones (excluding diaryl/α,β-unsaturated/α-hetero) is 1. The highest BCUT2D eigenvalue weighted by Crippen LogP contribution is 2.29. The minimum absolute atomic E-state index is 0.0506. The molecule has 0 saturated carbocycles. The highest BCUT2D eigenvalue weighted by atomic mass is 19.1. The maximum atomic E-state index is 13.9. The van der Waals surface area contributed by atoms with Crippen molar-refractivity contribution in [1.82, 2.24) is 4.98 Å². The Morgan fingerprint density at radius 3 is 2.39 bits per heavy atom. The summed E-state index contributed by atoms with van der Waals surface area (Å²) in [6.07, 6.45) is -0.0575. The number of carbonyl (C=O) groups excluding carboxylic acids is 1. The lowest BCUT2D eigenvalue weighted by atomic mass is 9.79. The van der Waals surface area contributed by atoms with Gasteiger partial charge in [0.05, 0.1) is 17.3 Å². The monoisotopic (exact) mass is 320 g/mol. The zero-order valence-corrected chi connectivity index (χ0v) is 12.4. The molecular formula is C16H14F2N2O3. The molecule has 0 aliphatic rings. The molecule has 0 aliphatic carbocycles. The molecule has 1 aromatic heterocycles. The molecule has 0 unspecified atom stereocenters. The first-order chi connectivity index (χ1) is 10.7. The quantitative estimate of drug-likeness (QED) is 0.843. The summed E-state index contributed by atoms with van der Waals surface area (Å²) < 4.78 is 27.0. The van der Waals surface area contributed by atoms with Gasteiger partial charge >= 0.3 is 6.09 Å². The third-order valence-electron chi connectivity index (χ3n) is 3.42. The molecule has 2 aromatic rings. The van der Waals surface area contributed by atoms with Gasteiger partial charge in [-0.3, -0.25) is 15.1 Å². The maximum Gasteiger partial charge on any atom is 0.409 e. The molecule has 7 heteroatoms. The van der Waals surface area contributed by atoms with Crippen molar-refractivity contribution in [3.63, 3.8) is 0 Å². The van der Waals surface area contributed by atoms with Gasteiger partial charge in [-0.1, -0.05) is 6.07 Å². The van der Waals surface area contributed by atoms with E-state index in [9.17, 15) is 18.4 Å². The van der Waals surface area contributed by atoms with Crippen LogP contribution in [0.5, 0.6) is 0 Å². The number of pyridine rings is 1. The van der Waals surface area contributed by atoms with E-state index < -0.39 is 28.9 Å². The van der Waals surface area contributed by atoms with Crippen molar-refractivity contribution in [2.24, 2.45) is 0 Å². The van der Waals surface area contributed by atoms with E-state index in [0.29, 0.717) is 0 Å². The predicted molar refractivity (Wildman–Crippen MR) is 79.6 cm³/mol. The first kappa shape index (κ1) is 16.5. The van der Waals surface area contributed by atoms with Crippen LogP contribution in [-0.2, 0) is 5.41 Å². The Hall–Kier alpha value is -2.83. The number of ketones is 1. The second-order valence-electron chi connectivity index (χ2n) is 5.44. The average Bonchev–Trinajstić information content (AvgIpc) is 2.46. The number of nitrogens with zero attached hydrogens (tertiary/aromatic N) is 1. The van der Waals surface area contributed by atoms with Crippen LogP contribution in [-0.4, -0.2) is 22.0 Å². The number of hydrogen-bond acceptors (Lipinski definition) is 3.